The predicted molar refractivity (Wildman–Crippen MR) is 74.6 cm³/mol. The quantitative estimate of drug-likeness (QED) is 0.769. The van der Waals surface area contributed by atoms with E-state index in [4.69, 9.17) is 0 Å². The van der Waals surface area contributed by atoms with Gasteiger partial charge in [0.2, 0.25) is 0 Å². The number of piperidine rings is 1. The molecule has 0 bridgehead atoms. The van der Waals surface area contributed by atoms with Crippen LogP contribution < -0.4 is 0 Å². The first-order valence-corrected chi connectivity index (χ1v) is 8.85. The Morgan fingerprint density at radius 3 is 2.56 bits per heavy atom. The number of hydrogen-bond acceptors (Lipinski definition) is 4. The van der Waals surface area contributed by atoms with Crippen molar-refractivity contribution in [2.45, 2.75) is 43.9 Å². The second-order valence-corrected chi connectivity index (χ2v) is 9.10. The van der Waals surface area contributed by atoms with Crippen molar-refractivity contribution in [1.29, 1.82) is 0 Å². The molecule has 2 fully saturated rings. The molecule has 0 N–H and O–H groups in total. The van der Waals surface area contributed by atoms with Crippen LogP contribution in [0, 0.1) is 0 Å². The van der Waals surface area contributed by atoms with Gasteiger partial charge in [-0.1, -0.05) is 6.42 Å². The van der Waals surface area contributed by atoms with E-state index in [1.807, 2.05) is 13.8 Å². The van der Waals surface area contributed by atoms with Crippen LogP contribution in [0.15, 0.2) is 0 Å². The van der Waals surface area contributed by atoms with E-state index in [9.17, 15) is 8.42 Å². The zero-order valence-corrected chi connectivity index (χ0v) is 12.7. The molecule has 0 spiro atoms. The Morgan fingerprint density at radius 1 is 1.17 bits per heavy atom. The van der Waals surface area contributed by atoms with Crippen molar-refractivity contribution in [2.24, 2.45) is 0 Å². The smallest absolute Gasteiger partial charge is 0.153 e. The van der Waals surface area contributed by atoms with Gasteiger partial charge < -0.3 is 0 Å². The van der Waals surface area contributed by atoms with E-state index in [0.29, 0.717) is 12.6 Å². The molecule has 2 saturated heterocycles. The van der Waals surface area contributed by atoms with Crippen molar-refractivity contribution in [3.63, 3.8) is 0 Å². The summed E-state index contributed by atoms with van der Waals surface area (Å²) in [6.45, 7) is 8.73. The summed E-state index contributed by atoms with van der Waals surface area (Å²) in [5.74, 6) is 0. The fourth-order valence-corrected chi connectivity index (χ4v) is 3.44. The minimum atomic E-state index is -2.99. The number of fused-ring (bicyclic) bond motifs is 1. The van der Waals surface area contributed by atoms with Gasteiger partial charge in [0, 0.05) is 38.5 Å². The van der Waals surface area contributed by atoms with Crippen molar-refractivity contribution in [3.8, 4) is 0 Å². The zero-order valence-electron chi connectivity index (χ0n) is 11.9. The largest absolute Gasteiger partial charge is 0.299 e. The Labute approximate surface area is 111 Å². The van der Waals surface area contributed by atoms with Crippen molar-refractivity contribution in [2.75, 3.05) is 39.0 Å². The normalized spacial score (nSPS) is 28.1. The molecule has 4 nitrogen and oxygen atoms in total. The SMILES string of the molecule is CC(C)(CN1CCN2CCCCC2C1)S(C)(=O)=O. The summed E-state index contributed by atoms with van der Waals surface area (Å²) in [6.07, 6.45) is 5.27. The van der Waals surface area contributed by atoms with E-state index in [-0.39, 0.29) is 0 Å². The van der Waals surface area contributed by atoms with Crippen LogP contribution in [0.3, 0.4) is 0 Å². The molecule has 0 aromatic heterocycles. The van der Waals surface area contributed by atoms with Crippen LogP contribution in [-0.4, -0.2) is 68.0 Å². The van der Waals surface area contributed by atoms with Crippen LogP contribution in [0.2, 0.25) is 0 Å². The highest BCUT2D eigenvalue weighted by Gasteiger charge is 2.36. The molecule has 0 saturated carbocycles. The molecule has 0 aromatic carbocycles. The number of piperazine rings is 1. The Kier molecular flexibility index (Phi) is 4.04. The summed E-state index contributed by atoms with van der Waals surface area (Å²) in [6, 6.07) is 0.655. The maximum atomic E-state index is 11.8. The van der Waals surface area contributed by atoms with E-state index in [2.05, 4.69) is 9.80 Å². The number of hydrogen-bond donors (Lipinski definition) is 0. The van der Waals surface area contributed by atoms with Gasteiger partial charge in [0.15, 0.2) is 9.84 Å². The first-order chi connectivity index (χ1) is 8.29. The summed E-state index contributed by atoms with van der Waals surface area (Å²) in [4.78, 5) is 4.92. The number of nitrogens with zero attached hydrogens (tertiary/aromatic N) is 2. The van der Waals surface area contributed by atoms with E-state index < -0.39 is 14.6 Å². The maximum Gasteiger partial charge on any atom is 0.153 e. The lowest BCUT2D eigenvalue weighted by atomic mass is 9.99. The van der Waals surface area contributed by atoms with Crippen LogP contribution in [0.25, 0.3) is 0 Å². The van der Waals surface area contributed by atoms with Gasteiger partial charge in [-0.05, 0) is 33.2 Å². The van der Waals surface area contributed by atoms with Gasteiger partial charge in [-0.15, -0.1) is 0 Å². The molecule has 0 aliphatic carbocycles. The van der Waals surface area contributed by atoms with Crippen LogP contribution in [0.4, 0.5) is 0 Å². The summed E-state index contributed by atoms with van der Waals surface area (Å²) < 4.78 is 22.9. The van der Waals surface area contributed by atoms with E-state index in [0.717, 1.165) is 19.6 Å². The standard InChI is InChI=1S/C13H26N2O2S/c1-13(2,18(3,16)17)11-14-8-9-15-7-5-4-6-12(15)10-14/h12H,4-11H2,1-3H3. The lowest BCUT2D eigenvalue weighted by Crippen LogP contribution is -2.57. The molecular weight excluding hydrogens is 248 g/mol. The first-order valence-electron chi connectivity index (χ1n) is 6.96. The van der Waals surface area contributed by atoms with Gasteiger partial charge >= 0.3 is 0 Å². The summed E-state index contributed by atoms with van der Waals surface area (Å²) in [5.41, 5.74) is 0. The molecule has 0 aromatic rings. The fourth-order valence-electron chi connectivity index (χ4n) is 3.02. The molecule has 2 heterocycles. The average molecular weight is 274 g/mol. The Morgan fingerprint density at radius 2 is 1.89 bits per heavy atom. The van der Waals surface area contributed by atoms with Crippen LogP contribution in [0.5, 0.6) is 0 Å². The van der Waals surface area contributed by atoms with Gasteiger partial charge in [-0.25, -0.2) is 8.42 Å². The summed E-state index contributed by atoms with van der Waals surface area (Å²) in [7, 11) is -2.99. The molecule has 1 unspecified atom stereocenters. The minimum Gasteiger partial charge on any atom is -0.299 e. The van der Waals surface area contributed by atoms with Crippen molar-refractivity contribution in [1.82, 2.24) is 9.80 Å². The second-order valence-electron chi connectivity index (χ2n) is 6.45. The van der Waals surface area contributed by atoms with Gasteiger partial charge in [0.25, 0.3) is 0 Å². The van der Waals surface area contributed by atoms with Gasteiger partial charge in [0.1, 0.15) is 0 Å². The van der Waals surface area contributed by atoms with E-state index >= 15 is 0 Å². The topological polar surface area (TPSA) is 40.6 Å². The summed E-state index contributed by atoms with van der Waals surface area (Å²) >= 11 is 0. The molecular formula is C13H26N2O2S. The van der Waals surface area contributed by atoms with Gasteiger partial charge in [-0.3, -0.25) is 9.80 Å². The van der Waals surface area contributed by atoms with Gasteiger partial charge in [0.05, 0.1) is 4.75 Å². The lowest BCUT2D eigenvalue weighted by molar-refractivity contribution is 0.0459. The second kappa shape index (κ2) is 5.10. The third-order valence-corrected chi connectivity index (χ3v) is 6.67. The fraction of sp³-hybridized carbons (Fsp3) is 1.00. The highest BCUT2D eigenvalue weighted by molar-refractivity contribution is 7.92. The molecule has 1 atom stereocenters. The maximum absolute atomic E-state index is 11.8. The minimum absolute atomic E-state index is 0.635. The van der Waals surface area contributed by atoms with Gasteiger partial charge in [-0.2, -0.15) is 0 Å². The summed E-state index contributed by atoms with van der Waals surface area (Å²) in [5, 5.41) is 0. The molecule has 2 aliphatic rings. The molecule has 0 radical (unpaired) electrons. The van der Waals surface area contributed by atoms with Crippen LogP contribution >= 0.6 is 0 Å². The molecule has 18 heavy (non-hydrogen) atoms. The Balaban J connectivity index is 1.96. The monoisotopic (exact) mass is 274 g/mol. The zero-order chi connectivity index (χ0) is 13.4. The highest BCUT2D eigenvalue weighted by Crippen LogP contribution is 2.24. The Bertz CT molecular complexity index is 392. The number of sulfone groups is 1. The third kappa shape index (κ3) is 3.06. The first kappa shape index (κ1) is 14.3. The van der Waals surface area contributed by atoms with Crippen LogP contribution in [0.1, 0.15) is 33.1 Å². The predicted octanol–water partition coefficient (Wildman–Crippen LogP) is 0.980. The van der Waals surface area contributed by atoms with E-state index in [1.54, 1.807) is 0 Å². The highest BCUT2D eigenvalue weighted by atomic mass is 32.2. The molecule has 2 rings (SSSR count). The van der Waals surface area contributed by atoms with Crippen molar-refractivity contribution in [3.05, 3.63) is 0 Å². The van der Waals surface area contributed by atoms with Crippen molar-refractivity contribution < 1.29 is 8.42 Å². The molecule has 106 valence electrons. The van der Waals surface area contributed by atoms with Crippen LogP contribution in [-0.2, 0) is 9.84 Å². The Hall–Kier alpha value is -0.130. The molecule has 0 amide bonds. The van der Waals surface area contributed by atoms with Crippen molar-refractivity contribution >= 4 is 9.84 Å². The van der Waals surface area contributed by atoms with E-state index in [1.165, 1.54) is 32.1 Å². The third-order valence-electron chi connectivity index (χ3n) is 4.53. The molecule has 2 aliphatic heterocycles. The lowest BCUT2D eigenvalue weighted by Gasteiger charge is -2.45. The average Bonchev–Trinajstić information content (AvgIpc) is 2.27. The molecule has 5 heteroatoms. The number of rotatable bonds is 3.